The Hall–Kier alpha value is -2.29. The highest BCUT2D eigenvalue weighted by atomic mass is 32.1. The van der Waals surface area contributed by atoms with Crippen LogP contribution in [0, 0.1) is 0 Å². The first-order valence-corrected chi connectivity index (χ1v) is 10.6. The lowest BCUT2D eigenvalue weighted by atomic mass is 10.0. The molecular formula is C21H29N3O4S. The van der Waals surface area contributed by atoms with E-state index in [2.05, 4.69) is 34.3 Å². The van der Waals surface area contributed by atoms with Gasteiger partial charge >= 0.3 is 0 Å². The van der Waals surface area contributed by atoms with Gasteiger partial charge in [-0.25, -0.2) is 0 Å². The number of aromatic nitrogens is 1. The zero-order valence-electron chi connectivity index (χ0n) is 16.9. The Morgan fingerprint density at radius 1 is 1.45 bits per heavy atom. The number of aliphatic hydroxyl groups excluding tert-OH is 1. The number of aliphatic hydroxyl groups is 1. The number of hydrogen-bond acceptors (Lipinski definition) is 6. The summed E-state index contributed by atoms with van der Waals surface area (Å²) in [7, 11) is 0. The van der Waals surface area contributed by atoms with Crippen LogP contribution in [-0.2, 0) is 30.7 Å². The van der Waals surface area contributed by atoms with Crippen LogP contribution in [0.25, 0.3) is 0 Å². The summed E-state index contributed by atoms with van der Waals surface area (Å²) in [5, 5.41) is 20.8. The minimum Gasteiger partial charge on any atom is -0.483 e. The van der Waals surface area contributed by atoms with Gasteiger partial charge < -0.3 is 15.5 Å². The Balaban J connectivity index is 0.000000941. The number of carbonyl (C=O) groups excluding carboxylic acids is 1. The van der Waals surface area contributed by atoms with Gasteiger partial charge in [-0.2, -0.15) is 0 Å². The molecule has 2 aromatic rings. The Morgan fingerprint density at radius 3 is 2.83 bits per heavy atom. The van der Waals surface area contributed by atoms with Crippen molar-refractivity contribution in [1.29, 1.82) is 0 Å². The zero-order valence-corrected chi connectivity index (χ0v) is 17.7. The number of pyridine rings is 1. The maximum absolute atomic E-state index is 12.5. The molecule has 0 fully saturated rings. The van der Waals surface area contributed by atoms with E-state index >= 15 is 0 Å². The van der Waals surface area contributed by atoms with Gasteiger partial charge in [0.25, 0.3) is 12.4 Å². The van der Waals surface area contributed by atoms with E-state index in [0.717, 1.165) is 43.7 Å². The second kappa shape index (κ2) is 11.6. The van der Waals surface area contributed by atoms with Crippen molar-refractivity contribution in [2.24, 2.45) is 0 Å². The van der Waals surface area contributed by atoms with Gasteiger partial charge in [0.15, 0.2) is 0 Å². The highest BCUT2D eigenvalue weighted by Crippen LogP contribution is 2.29. The molecule has 158 valence electrons. The highest BCUT2D eigenvalue weighted by Gasteiger charge is 2.24. The Morgan fingerprint density at radius 2 is 2.21 bits per heavy atom. The molecule has 1 amide bonds. The van der Waals surface area contributed by atoms with E-state index in [1.54, 1.807) is 11.3 Å². The van der Waals surface area contributed by atoms with Crippen LogP contribution in [0.3, 0.4) is 0 Å². The van der Waals surface area contributed by atoms with Crippen LogP contribution >= 0.6 is 11.3 Å². The van der Waals surface area contributed by atoms with Crippen LogP contribution in [-0.4, -0.2) is 51.7 Å². The van der Waals surface area contributed by atoms with E-state index in [9.17, 15) is 4.79 Å². The third kappa shape index (κ3) is 6.62. The van der Waals surface area contributed by atoms with Crippen LogP contribution in [0.15, 0.2) is 23.7 Å². The third-order valence-electron chi connectivity index (χ3n) is 4.89. The average Bonchev–Trinajstić information content (AvgIpc) is 3.13. The molecule has 0 spiro atoms. The predicted octanol–water partition coefficient (Wildman–Crippen LogP) is 2.47. The molecule has 1 atom stereocenters. The number of carbonyl (C=O) groups is 2. The van der Waals surface area contributed by atoms with Gasteiger partial charge in [-0.15, -0.1) is 11.3 Å². The van der Waals surface area contributed by atoms with Crippen molar-refractivity contribution in [2.45, 2.75) is 52.2 Å². The fraction of sp³-hybridized carbons (Fsp3) is 0.476. The lowest BCUT2D eigenvalue weighted by molar-refractivity contribution is -0.122. The Bertz CT molecular complexity index is 792. The van der Waals surface area contributed by atoms with E-state index in [-0.39, 0.29) is 25.0 Å². The minimum atomic E-state index is -0.250. The summed E-state index contributed by atoms with van der Waals surface area (Å²) in [5.41, 5.74) is 4.35. The first kappa shape index (κ1) is 23.0. The summed E-state index contributed by atoms with van der Waals surface area (Å²) < 4.78 is 0. The summed E-state index contributed by atoms with van der Waals surface area (Å²) in [5.74, 6) is -0.0197. The Labute approximate surface area is 175 Å². The third-order valence-corrected chi connectivity index (χ3v) is 5.90. The molecule has 0 aliphatic carbocycles. The number of fused-ring (bicyclic) bond motifs is 1. The van der Waals surface area contributed by atoms with Gasteiger partial charge in [-0.3, -0.25) is 19.5 Å². The fourth-order valence-electron chi connectivity index (χ4n) is 3.26. The zero-order chi connectivity index (χ0) is 21.2. The first-order valence-electron chi connectivity index (χ1n) is 9.77. The normalized spacial score (nSPS) is 14.3. The maximum Gasteiger partial charge on any atom is 0.290 e. The summed E-state index contributed by atoms with van der Waals surface area (Å²) in [6.07, 6.45) is 4.45. The molecular weight excluding hydrogens is 390 g/mol. The standard InChI is InChI=1S/C20H27N3O2S.CH2O2/c1-3-15-4-5-16(21-10-15)11-23-8-6-17-18(13-26-19(17)12-23)20(25)22-14(2)7-9-24;2-1-3/h4-5,10,13-14,24H,3,6-9,11-12H2,1-2H3,(H,22,25);1H,(H,2,3). The molecule has 0 saturated carbocycles. The quantitative estimate of drug-likeness (QED) is 0.596. The molecule has 1 aliphatic heterocycles. The second-order valence-electron chi connectivity index (χ2n) is 7.02. The molecule has 0 saturated heterocycles. The van der Waals surface area contributed by atoms with E-state index in [4.69, 9.17) is 15.0 Å². The summed E-state index contributed by atoms with van der Waals surface area (Å²) >= 11 is 1.67. The van der Waals surface area contributed by atoms with Crippen molar-refractivity contribution >= 4 is 23.7 Å². The predicted molar refractivity (Wildman–Crippen MR) is 113 cm³/mol. The summed E-state index contributed by atoms with van der Waals surface area (Å²) in [6.45, 7) is 6.55. The van der Waals surface area contributed by atoms with Crippen LogP contribution in [0.5, 0.6) is 0 Å². The summed E-state index contributed by atoms with van der Waals surface area (Å²) in [6, 6.07) is 4.25. The summed E-state index contributed by atoms with van der Waals surface area (Å²) in [4.78, 5) is 29.1. The van der Waals surface area contributed by atoms with E-state index < -0.39 is 0 Å². The number of rotatable bonds is 7. The van der Waals surface area contributed by atoms with E-state index in [1.807, 2.05) is 18.5 Å². The number of nitrogens with zero attached hydrogens (tertiary/aromatic N) is 2. The molecule has 29 heavy (non-hydrogen) atoms. The van der Waals surface area contributed by atoms with Gasteiger partial charge in [0.1, 0.15) is 0 Å². The average molecular weight is 420 g/mol. The van der Waals surface area contributed by atoms with E-state index in [0.29, 0.717) is 6.42 Å². The molecule has 0 bridgehead atoms. The van der Waals surface area contributed by atoms with Gasteiger partial charge in [0.2, 0.25) is 0 Å². The molecule has 1 aliphatic rings. The van der Waals surface area contributed by atoms with Crippen molar-refractivity contribution in [2.75, 3.05) is 13.2 Å². The van der Waals surface area contributed by atoms with Crippen molar-refractivity contribution in [3.8, 4) is 0 Å². The van der Waals surface area contributed by atoms with Crippen LogP contribution in [0.1, 0.15) is 52.3 Å². The molecule has 3 heterocycles. The van der Waals surface area contributed by atoms with Gasteiger partial charge in [0.05, 0.1) is 11.3 Å². The smallest absolute Gasteiger partial charge is 0.290 e. The molecule has 2 aromatic heterocycles. The van der Waals surface area contributed by atoms with Gasteiger partial charge in [0, 0.05) is 48.7 Å². The molecule has 0 aromatic carbocycles. The van der Waals surface area contributed by atoms with Crippen LogP contribution in [0.4, 0.5) is 0 Å². The van der Waals surface area contributed by atoms with Crippen LogP contribution < -0.4 is 5.32 Å². The molecule has 3 N–H and O–H groups in total. The van der Waals surface area contributed by atoms with Crippen molar-refractivity contribution in [3.05, 3.63) is 51.0 Å². The number of amides is 1. The number of nitrogens with one attached hydrogen (secondary N) is 1. The fourth-order valence-corrected chi connectivity index (χ4v) is 4.38. The minimum absolute atomic E-state index is 0.0136. The molecule has 8 heteroatoms. The molecule has 0 radical (unpaired) electrons. The second-order valence-corrected chi connectivity index (χ2v) is 7.98. The van der Waals surface area contributed by atoms with Crippen molar-refractivity contribution in [3.63, 3.8) is 0 Å². The topological polar surface area (TPSA) is 103 Å². The number of hydrogen-bond donors (Lipinski definition) is 3. The maximum atomic E-state index is 12.5. The lowest BCUT2D eigenvalue weighted by Crippen LogP contribution is -2.35. The monoisotopic (exact) mass is 419 g/mol. The Kier molecular flexibility index (Phi) is 9.24. The lowest BCUT2D eigenvalue weighted by Gasteiger charge is -2.27. The van der Waals surface area contributed by atoms with Crippen LogP contribution in [0.2, 0.25) is 0 Å². The van der Waals surface area contributed by atoms with Gasteiger partial charge in [-0.1, -0.05) is 13.0 Å². The number of carboxylic acid groups (broad SMARTS) is 1. The largest absolute Gasteiger partial charge is 0.483 e. The van der Waals surface area contributed by atoms with Crippen molar-refractivity contribution < 1.29 is 19.8 Å². The first-order chi connectivity index (χ1) is 14.0. The highest BCUT2D eigenvalue weighted by molar-refractivity contribution is 7.10. The molecule has 3 rings (SSSR count). The SMILES string of the molecule is CCc1ccc(CN2CCc3c(C(=O)NC(C)CCO)csc3C2)nc1.O=CO. The van der Waals surface area contributed by atoms with Crippen molar-refractivity contribution in [1.82, 2.24) is 15.2 Å². The number of thiophene rings is 1. The molecule has 7 nitrogen and oxygen atoms in total. The van der Waals surface area contributed by atoms with Gasteiger partial charge in [-0.05, 0) is 43.4 Å². The van der Waals surface area contributed by atoms with E-state index in [1.165, 1.54) is 16.0 Å². The molecule has 1 unspecified atom stereocenters. The number of aryl methyl sites for hydroxylation is 1.